The average Bonchev–Trinajstić information content (AvgIpc) is 3.01. The second-order valence-corrected chi connectivity index (χ2v) is 21.8. The predicted molar refractivity (Wildman–Crippen MR) is 135 cm³/mol. The third-order valence-corrected chi connectivity index (χ3v) is 11.8. The molecule has 1 nitrogen and oxygen atoms in total. The minimum absolute atomic E-state index is 0.978. The quantitative estimate of drug-likeness (QED) is 0.208. The van der Waals surface area contributed by atoms with E-state index in [-0.39, 0.29) is 0 Å². The zero-order valence-corrected chi connectivity index (χ0v) is 20.8. The van der Waals surface area contributed by atoms with E-state index in [0.29, 0.717) is 0 Å². The molecule has 150 valence electrons. The van der Waals surface area contributed by atoms with Crippen LogP contribution in [0.3, 0.4) is 0 Å². The largest absolute Gasteiger partial charge is 0.309 e. The van der Waals surface area contributed by atoms with Crippen molar-refractivity contribution in [3.63, 3.8) is 0 Å². The van der Waals surface area contributed by atoms with Gasteiger partial charge in [0.2, 0.25) is 6.69 Å². The molecule has 0 N–H and O–H groups in total. The molecule has 4 rings (SSSR count). The summed E-state index contributed by atoms with van der Waals surface area (Å²) in [6.07, 6.45) is 1.13. The van der Waals surface area contributed by atoms with Crippen LogP contribution in [0.1, 0.15) is 6.42 Å². The summed E-state index contributed by atoms with van der Waals surface area (Å²) in [5.74, 6) is 0. The van der Waals surface area contributed by atoms with Crippen LogP contribution in [0.2, 0.25) is 31.7 Å². The van der Waals surface area contributed by atoms with Gasteiger partial charge in [0.05, 0.1) is 19.1 Å². The molecule has 29 heavy (non-hydrogen) atoms. The third-order valence-electron chi connectivity index (χ3n) is 5.90. The number of rotatable bonds is 6. The fraction of sp³-hybridized carbons (Fsp3) is 0.250. The number of hydrogen-bond donors (Lipinski definition) is 0. The van der Waals surface area contributed by atoms with Crippen LogP contribution < -0.4 is 5.19 Å². The van der Waals surface area contributed by atoms with Crippen molar-refractivity contribution < 1.29 is 0 Å². The number of halogens is 2. The first-order valence-electron chi connectivity index (χ1n) is 10.2. The van der Waals surface area contributed by atoms with Gasteiger partial charge in [-0.3, -0.25) is 0 Å². The lowest BCUT2D eigenvalue weighted by atomic mass is 10.2. The van der Waals surface area contributed by atoms with Gasteiger partial charge in [-0.15, -0.1) is 22.2 Å². The third kappa shape index (κ3) is 4.34. The molecule has 3 aromatic carbocycles. The van der Waals surface area contributed by atoms with Crippen LogP contribution in [0.25, 0.3) is 27.5 Å². The van der Waals surface area contributed by atoms with Crippen molar-refractivity contribution in [2.24, 2.45) is 0 Å². The molecule has 4 aromatic rings. The Balaban J connectivity index is 1.68. The van der Waals surface area contributed by atoms with E-state index in [1.54, 1.807) is 0 Å². The Morgan fingerprint density at radius 3 is 1.72 bits per heavy atom. The molecular formula is C24H27Cl2NSi2. The second-order valence-electron chi connectivity index (χ2n) is 8.72. The van der Waals surface area contributed by atoms with Crippen LogP contribution in [0.4, 0.5) is 0 Å². The molecule has 0 amide bonds. The van der Waals surface area contributed by atoms with Gasteiger partial charge >= 0.3 is 0 Å². The van der Waals surface area contributed by atoms with Crippen LogP contribution >= 0.6 is 22.2 Å². The summed E-state index contributed by atoms with van der Waals surface area (Å²) in [7, 11) is -1.50. The normalized spacial score (nSPS) is 12.7. The molecule has 1 heterocycles. The van der Waals surface area contributed by atoms with Gasteiger partial charge in [0, 0.05) is 16.5 Å². The highest BCUT2D eigenvalue weighted by atomic mass is 35.7. The highest BCUT2D eigenvalue weighted by molar-refractivity contribution is 7.44. The maximum absolute atomic E-state index is 6.30. The molecule has 0 saturated carbocycles. The standard InChI is InChI=1S/C24H27Cl2NSi2/c1-28(2,17-8-18-29(3,25)26)20-15-13-19(14-16-20)27-23-11-6-4-9-21(23)22-10-5-7-12-24(22)27/h4-7,9-16H,8,17-18H2,1-3H3. The van der Waals surface area contributed by atoms with Crippen LogP contribution in [0.5, 0.6) is 0 Å². The molecule has 0 unspecified atom stereocenters. The van der Waals surface area contributed by atoms with Crippen molar-refractivity contribution in [2.75, 3.05) is 0 Å². The van der Waals surface area contributed by atoms with Crippen molar-refractivity contribution in [2.45, 2.75) is 38.2 Å². The van der Waals surface area contributed by atoms with Gasteiger partial charge in [-0.2, -0.15) is 0 Å². The predicted octanol–water partition coefficient (Wildman–Crippen LogP) is 7.64. The fourth-order valence-corrected chi connectivity index (χ4v) is 8.62. The number of fused-ring (bicyclic) bond motifs is 3. The molecular weight excluding hydrogens is 429 g/mol. The lowest BCUT2D eigenvalue weighted by Gasteiger charge is -2.24. The molecule has 0 aliphatic heterocycles. The van der Waals surface area contributed by atoms with E-state index >= 15 is 0 Å². The molecule has 0 aliphatic rings. The molecule has 0 aliphatic carbocycles. The minimum Gasteiger partial charge on any atom is -0.309 e. The van der Waals surface area contributed by atoms with E-state index in [0.717, 1.165) is 12.5 Å². The number of aromatic nitrogens is 1. The Morgan fingerprint density at radius 2 is 1.21 bits per heavy atom. The van der Waals surface area contributed by atoms with Crippen molar-refractivity contribution in [1.29, 1.82) is 0 Å². The van der Waals surface area contributed by atoms with E-state index in [1.165, 1.54) is 38.7 Å². The fourth-order valence-electron chi connectivity index (χ4n) is 4.25. The van der Waals surface area contributed by atoms with Crippen molar-refractivity contribution >= 4 is 63.9 Å². The molecule has 0 bridgehead atoms. The van der Waals surface area contributed by atoms with E-state index in [1.807, 2.05) is 6.55 Å². The first-order valence-corrected chi connectivity index (χ1v) is 18.2. The minimum atomic E-state index is -1.99. The molecule has 0 fully saturated rings. The molecule has 5 heteroatoms. The first kappa shape index (κ1) is 20.7. The SMILES string of the molecule is C[Si](Cl)(Cl)CCC[Si](C)(C)c1ccc(-n2c3ccccc3c3ccccc32)cc1. The molecule has 1 aromatic heterocycles. The van der Waals surface area contributed by atoms with Gasteiger partial charge in [-0.05, 0) is 36.9 Å². The molecule has 0 atom stereocenters. The van der Waals surface area contributed by atoms with Gasteiger partial charge in [-0.1, -0.05) is 79.3 Å². The summed E-state index contributed by atoms with van der Waals surface area (Å²) < 4.78 is 2.38. The lowest BCUT2D eigenvalue weighted by molar-refractivity contribution is 1.03. The van der Waals surface area contributed by atoms with E-state index in [4.69, 9.17) is 22.2 Å². The van der Waals surface area contributed by atoms with Crippen LogP contribution in [-0.4, -0.2) is 19.3 Å². The van der Waals surface area contributed by atoms with Gasteiger partial charge in [0.15, 0.2) is 0 Å². The Labute approximate surface area is 184 Å². The van der Waals surface area contributed by atoms with Crippen molar-refractivity contribution in [3.05, 3.63) is 72.8 Å². The van der Waals surface area contributed by atoms with Gasteiger partial charge in [-0.25, -0.2) is 0 Å². The molecule has 0 saturated heterocycles. The maximum Gasteiger partial charge on any atom is 0.248 e. The summed E-state index contributed by atoms with van der Waals surface area (Å²) in [6.45, 7) is 4.92. The van der Waals surface area contributed by atoms with E-state index < -0.39 is 14.8 Å². The van der Waals surface area contributed by atoms with Gasteiger partial charge in [0.25, 0.3) is 0 Å². The van der Waals surface area contributed by atoms with Crippen LogP contribution in [0, 0.1) is 0 Å². The molecule has 0 spiro atoms. The number of nitrogens with zero attached hydrogens (tertiary/aromatic N) is 1. The van der Waals surface area contributed by atoms with Crippen LogP contribution in [-0.2, 0) is 0 Å². The Bertz CT molecular complexity index is 1090. The molecule has 0 radical (unpaired) electrons. The summed E-state index contributed by atoms with van der Waals surface area (Å²) in [4.78, 5) is 0. The second kappa shape index (κ2) is 7.95. The smallest absolute Gasteiger partial charge is 0.248 e. The zero-order valence-electron chi connectivity index (χ0n) is 17.3. The monoisotopic (exact) mass is 455 g/mol. The number of benzene rings is 3. The van der Waals surface area contributed by atoms with Gasteiger partial charge in [0.1, 0.15) is 0 Å². The Hall–Kier alpha value is -1.53. The zero-order chi connectivity index (χ0) is 20.6. The van der Waals surface area contributed by atoms with Crippen LogP contribution in [0.15, 0.2) is 72.8 Å². The Morgan fingerprint density at radius 1 is 0.690 bits per heavy atom. The summed E-state index contributed by atoms with van der Waals surface area (Å²) >= 11 is 12.6. The summed E-state index contributed by atoms with van der Waals surface area (Å²) in [5, 5.41) is 4.10. The van der Waals surface area contributed by atoms with Gasteiger partial charge < -0.3 is 4.57 Å². The van der Waals surface area contributed by atoms with Crippen molar-refractivity contribution in [3.8, 4) is 5.69 Å². The Kier molecular flexibility index (Phi) is 5.69. The first-order chi connectivity index (χ1) is 13.8. The van der Waals surface area contributed by atoms with E-state index in [9.17, 15) is 0 Å². The highest BCUT2D eigenvalue weighted by Gasteiger charge is 2.26. The topological polar surface area (TPSA) is 4.93 Å². The van der Waals surface area contributed by atoms with E-state index in [2.05, 4.69) is 90.5 Å². The summed E-state index contributed by atoms with van der Waals surface area (Å²) in [6, 6.07) is 28.8. The highest BCUT2D eigenvalue weighted by Crippen LogP contribution is 2.31. The van der Waals surface area contributed by atoms with Crippen molar-refractivity contribution in [1.82, 2.24) is 4.57 Å². The number of hydrogen-bond acceptors (Lipinski definition) is 0. The average molecular weight is 457 g/mol. The number of para-hydroxylation sites is 2. The maximum atomic E-state index is 6.30. The summed E-state index contributed by atoms with van der Waals surface area (Å²) in [5.41, 5.74) is 3.73. The lowest BCUT2D eigenvalue weighted by Crippen LogP contribution is -2.41.